The fraction of sp³-hybridized carbons (Fsp3) is 0.160. The third kappa shape index (κ3) is 4.41. The van der Waals surface area contributed by atoms with E-state index >= 15 is 0 Å². The van der Waals surface area contributed by atoms with Gasteiger partial charge in [-0.05, 0) is 55.3 Å². The van der Waals surface area contributed by atoms with E-state index in [0.717, 1.165) is 5.56 Å². The smallest absolute Gasteiger partial charge is 0.366 e. The molecule has 9 nitrogen and oxygen atoms in total. The Balaban J connectivity index is 1.73. The van der Waals surface area contributed by atoms with Gasteiger partial charge in [0.1, 0.15) is 0 Å². The summed E-state index contributed by atoms with van der Waals surface area (Å²) in [7, 11) is 0. The molecule has 0 aliphatic carbocycles. The van der Waals surface area contributed by atoms with Crippen molar-refractivity contribution in [3.8, 4) is 0 Å². The minimum absolute atomic E-state index is 0.0608. The zero-order chi connectivity index (χ0) is 24.5. The van der Waals surface area contributed by atoms with E-state index < -0.39 is 22.1 Å². The highest BCUT2D eigenvalue weighted by Crippen LogP contribution is 2.30. The van der Waals surface area contributed by atoms with Crippen molar-refractivity contribution in [3.63, 3.8) is 0 Å². The van der Waals surface area contributed by atoms with Crippen LogP contribution in [0.25, 0.3) is 10.8 Å². The van der Waals surface area contributed by atoms with Crippen molar-refractivity contribution in [2.75, 3.05) is 5.32 Å². The van der Waals surface area contributed by atoms with Crippen LogP contribution in [0, 0.1) is 24.0 Å². The van der Waals surface area contributed by atoms with Gasteiger partial charge >= 0.3 is 5.63 Å². The lowest BCUT2D eigenvalue weighted by Gasteiger charge is -2.28. The summed E-state index contributed by atoms with van der Waals surface area (Å²) in [5.41, 5.74) is -0.0286. The van der Waals surface area contributed by atoms with E-state index in [-0.39, 0.29) is 17.7 Å². The van der Waals surface area contributed by atoms with Crippen LogP contribution >= 0.6 is 0 Å². The fourth-order valence-corrected chi connectivity index (χ4v) is 3.72. The van der Waals surface area contributed by atoms with E-state index in [1.54, 1.807) is 13.0 Å². The van der Waals surface area contributed by atoms with Gasteiger partial charge in [0.05, 0.1) is 16.0 Å². The molecular formula is C25H21N3O6. The monoisotopic (exact) mass is 459 g/mol. The number of rotatable bonds is 6. The molecule has 1 atom stereocenters. The first-order chi connectivity index (χ1) is 16.2. The molecule has 0 aliphatic rings. The molecule has 1 aromatic heterocycles. The highest BCUT2D eigenvalue weighted by Gasteiger charge is 2.38. The molecule has 34 heavy (non-hydrogen) atoms. The van der Waals surface area contributed by atoms with Gasteiger partial charge in [-0.3, -0.25) is 14.9 Å². The molecule has 4 aromatic rings. The number of aromatic nitrogens is 1. The van der Waals surface area contributed by atoms with Crippen LogP contribution in [0.1, 0.15) is 22.4 Å². The number of non-ortho nitro benzene ring substituents is 1. The van der Waals surface area contributed by atoms with Crippen LogP contribution in [0.2, 0.25) is 0 Å². The van der Waals surface area contributed by atoms with Crippen LogP contribution in [-0.2, 0) is 16.8 Å². The molecule has 0 fully saturated rings. The summed E-state index contributed by atoms with van der Waals surface area (Å²) in [5.74, 6) is -0.727. The molecule has 2 N–H and O–H groups in total. The summed E-state index contributed by atoms with van der Waals surface area (Å²) in [6.07, 6.45) is -0.0608. The number of carbonyl (C=O) groups excluding carboxylic acids is 1. The summed E-state index contributed by atoms with van der Waals surface area (Å²) in [6, 6.07) is 17.2. The number of amides is 1. The topological polar surface area (TPSA) is 136 Å². The molecule has 0 bridgehead atoms. The van der Waals surface area contributed by atoms with Gasteiger partial charge in [0.15, 0.2) is 5.60 Å². The number of aliphatic hydroxyl groups is 1. The standard InChI is InChI=1S/C25H21N3O6/c1-15-3-5-17(6-4-15)14-25(31,18-7-10-20(11-8-18)28(32)33)24(30)26-19-9-12-21-22(13-19)16(2)27-34-23(21)29/h3-13,31H,14H2,1-2H3,(H,26,30). The Morgan fingerprint density at radius 3 is 2.38 bits per heavy atom. The molecule has 9 heteroatoms. The minimum atomic E-state index is -2.03. The molecule has 1 amide bonds. The summed E-state index contributed by atoms with van der Waals surface area (Å²) in [6.45, 7) is 3.59. The Hall–Kier alpha value is -4.37. The van der Waals surface area contributed by atoms with Crippen LogP contribution in [0.5, 0.6) is 0 Å². The average Bonchev–Trinajstić information content (AvgIpc) is 2.83. The maximum Gasteiger partial charge on any atom is 0.366 e. The Morgan fingerprint density at radius 1 is 1.06 bits per heavy atom. The van der Waals surface area contributed by atoms with Crippen LogP contribution in [-0.4, -0.2) is 21.1 Å². The number of benzene rings is 3. The quantitative estimate of drug-likeness (QED) is 0.331. The average molecular weight is 459 g/mol. The second-order valence-electron chi connectivity index (χ2n) is 8.10. The zero-order valence-electron chi connectivity index (χ0n) is 18.4. The van der Waals surface area contributed by atoms with Gasteiger partial charge in [-0.1, -0.05) is 35.0 Å². The molecule has 3 aromatic carbocycles. The number of anilines is 1. The second kappa shape index (κ2) is 8.87. The molecule has 0 saturated heterocycles. The molecule has 172 valence electrons. The van der Waals surface area contributed by atoms with E-state index in [1.807, 2.05) is 31.2 Å². The van der Waals surface area contributed by atoms with Crippen molar-refractivity contribution < 1.29 is 19.3 Å². The maximum atomic E-state index is 13.4. The Bertz CT molecular complexity index is 1440. The molecule has 1 heterocycles. The number of hydrogen-bond donors (Lipinski definition) is 2. The van der Waals surface area contributed by atoms with Crippen molar-refractivity contribution in [2.24, 2.45) is 0 Å². The number of nitrogens with one attached hydrogen (secondary N) is 1. The first-order valence-electron chi connectivity index (χ1n) is 10.4. The molecule has 0 saturated carbocycles. The van der Waals surface area contributed by atoms with E-state index in [2.05, 4.69) is 10.5 Å². The fourth-order valence-electron chi connectivity index (χ4n) is 3.72. The van der Waals surface area contributed by atoms with Gasteiger partial charge in [-0.25, -0.2) is 4.79 Å². The minimum Gasteiger partial charge on any atom is -0.375 e. The van der Waals surface area contributed by atoms with Crippen LogP contribution in [0.3, 0.4) is 0 Å². The van der Waals surface area contributed by atoms with Crippen molar-refractivity contribution in [2.45, 2.75) is 25.9 Å². The molecule has 4 rings (SSSR count). The van der Waals surface area contributed by atoms with Gasteiger partial charge in [0, 0.05) is 29.6 Å². The van der Waals surface area contributed by atoms with E-state index in [1.165, 1.54) is 36.4 Å². The molecular weight excluding hydrogens is 438 g/mol. The Labute approximate surface area is 193 Å². The SMILES string of the molecule is Cc1ccc(CC(O)(C(=O)Nc2ccc3c(=O)onc(C)c3c2)c2ccc([N+](=O)[O-])cc2)cc1. The van der Waals surface area contributed by atoms with Gasteiger partial charge < -0.3 is 14.9 Å². The van der Waals surface area contributed by atoms with Crippen molar-refractivity contribution in [1.82, 2.24) is 5.16 Å². The summed E-state index contributed by atoms with van der Waals surface area (Å²) < 4.78 is 4.72. The van der Waals surface area contributed by atoms with Crippen molar-refractivity contribution in [1.29, 1.82) is 0 Å². The normalized spacial score (nSPS) is 12.8. The molecule has 0 aliphatic heterocycles. The lowest BCUT2D eigenvalue weighted by atomic mass is 9.86. The van der Waals surface area contributed by atoms with Gasteiger partial charge in [-0.2, -0.15) is 0 Å². The highest BCUT2D eigenvalue weighted by molar-refractivity contribution is 6.00. The zero-order valence-corrected chi connectivity index (χ0v) is 18.4. The highest BCUT2D eigenvalue weighted by atomic mass is 16.6. The summed E-state index contributed by atoms with van der Waals surface area (Å²) in [5, 5.41) is 29.9. The lowest BCUT2D eigenvalue weighted by molar-refractivity contribution is -0.384. The number of fused-ring (bicyclic) bond motifs is 1. The van der Waals surface area contributed by atoms with Crippen LogP contribution < -0.4 is 10.9 Å². The van der Waals surface area contributed by atoms with Crippen LogP contribution in [0.15, 0.2) is 76.0 Å². The number of carbonyl (C=O) groups is 1. The van der Waals surface area contributed by atoms with Gasteiger partial charge in [0.2, 0.25) is 0 Å². The van der Waals surface area contributed by atoms with Gasteiger partial charge in [-0.15, -0.1) is 0 Å². The summed E-state index contributed by atoms with van der Waals surface area (Å²) in [4.78, 5) is 35.8. The first-order valence-corrected chi connectivity index (χ1v) is 10.4. The van der Waals surface area contributed by atoms with Crippen molar-refractivity contribution in [3.05, 3.63) is 110 Å². The van der Waals surface area contributed by atoms with Crippen LogP contribution in [0.4, 0.5) is 11.4 Å². The maximum absolute atomic E-state index is 13.4. The molecule has 0 spiro atoms. The third-order valence-electron chi connectivity index (χ3n) is 5.66. The number of nitro benzene ring substituents is 1. The predicted octanol–water partition coefficient (Wildman–Crippen LogP) is 3.78. The molecule has 0 radical (unpaired) electrons. The summed E-state index contributed by atoms with van der Waals surface area (Å²) >= 11 is 0. The van der Waals surface area contributed by atoms with E-state index in [0.29, 0.717) is 27.7 Å². The number of aryl methyl sites for hydroxylation is 2. The largest absolute Gasteiger partial charge is 0.375 e. The van der Waals surface area contributed by atoms with E-state index in [9.17, 15) is 24.8 Å². The van der Waals surface area contributed by atoms with E-state index in [4.69, 9.17) is 4.52 Å². The first kappa shape index (κ1) is 22.8. The van der Waals surface area contributed by atoms with Crippen molar-refractivity contribution >= 4 is 28.1 Å². The number of nitrogens with zero attached hydrogens (tertiary/aromatic N) is 2. The Morgan fingerprint density at radius 2 is 1.74 bits per heavy atom. The number of hydrogen-bond acceptors (Lipinski definition) is 7. The van der Waals surface area contributed by atoms with Gasteiger partial charge in [0.25, 0.3) is 11.6 Å². The third-order valence-corrected chi connectivity index (χ3v) is 5.66. The number of nitro groups is 1. The predicted molar refractivity (Wildman–Crippen MR) is 126 cm³/mol. The lowest BCUT2D eigenvalue weighted by Crippen LogP contribution is -2.42. The second-order valence-corrected chi connectivity index (χ2v) is 8.10. The molecule has 1 unspecified atom stereocenters. The Kier molecular flexibility index (Phi) is 5.95.